The van der Waals surface area contributed by atoms with E-state index < -0.39 is 0 Å². The second kappa shape index (κ2) is 6.55. The molecule has 0 unspecified atom stereocenters. The zero-order valence-electron chi connectivity index (χ0n) is 9.94. The van der Waals surface area contributed by atoms with Gasteiger partial charge in [0.05, 0.1) is 6.33 Å². The van der Waals surface area contributed by atoms with Crippen LogP contribution in [0.3, 0.4) is 0 Å². The summed E-state index contributed by atoms with van der Waals surface area (Å²) in [6.45, 7) is -0.137. The number of carbonyl (C=O) groups is 1. The molecule has 0 aliphatic rings. The van der Waals surface area contributed by atoms with Gasteiger partial charge in [-0.15, -0.1) is 0 Å². The van der Waals surface area contributed by atoms with E-state index in [1.165, 1.54) is 10.9 Å². The molecule has 1 amide bonds. The minimum absolute atomic E-state index is 0.130. The fourth-order valence-corrected chi connectivity index (χ4v) is 2.14. The Hall–Kier alpha value is -1.12. The van der Waals surface area contributed by atoms with Crippen LogP contribution >= 0.6 is 45.8 Å². The molecule has 0 aliphatic carbocycles. The average Bonchev–Trinajstić information content (AvgIpc) is 2.42. The maximum absolute atomic E-state index is 11.9. The summed E-state index contributed by atoms with van der Waals surface area (Å²) in [6.07, 6.45) is 1.24. The molecule has 1 aromatic heterocycles. The van der Waals surface area contributed by atoms with Gasteiger partial charge in [-0.3, -0.25) is 14.2 Å². The number of hydrogen-bond donors (Lipinski definition) is 1. The first kappa shape index (κ1) is 15.3. The van der Waals surface area contributed by atoms with Gasteiger partial charge in [-0.05, 0) is 46.9 Å². The number of amides is 1. The smallest absolute Gasteiger partial charge is 0.268 e. The molecule has 0 radical (unpaired) electrons. The van der Waals surface area contributed by atoms with E-state index in [9.17, 15) is 9.59 Å². The number of rotatable bonds is 3. The third-order valence-electron chi connectivity index (χ3n) is 2.38. The Kier molecular flexibility index (Phi) is 5.00. The van der Waals surface area contributed by atoms with Gasteiger partial charge in [-0.25, -0.2) is 4.98 Å². The van der Waals surface area contributed by atoms with Crippen molar-refractivity contribution in [3.05, 3.63) is 54.7 Å². The Labute approximate surface area is 138 Å². The van der Waals surface area contributed by atoms with E-state index in [0.29, 0.717) is 10.7 Å². The summed E-state index contributed by atoms with van der Waals surface area (Å²) < 4.78 is 1.48. The monoisotopic (exact) mass is 423 g/mol. The molecule has 0 saturated carbocycles. The number of halogens is 3. The van der Waals surface area contributed by atoms with Gasteiger partial charge in [0.2, 0.25) is 5.91 Å². The van der Waals surface area contributed by atoms with Crippen molar-refractivity contribution in [2.75, 3.05) is 5.32 Å². The number of nitrogens with zero attached hydrogens (tertiary/aromatic N) is 2. The molecule has 0 atom stereocenters. The number of anilines is 1. The summed E-state index contributed by atoms with van der Waals surface area (Å²) >= 11 is 13.3. The first-order chi connectivity index (χ1) is 9.47. The summed E-state index contributed by atoms with van der Waals surface area (Å²) in [5.74, 6) is -0.339. The fourth-order valence-electron chi connectivity index (χ4n) is 1.44. The lowest BCUT2D eigenvalue weighted by Gasteiger charge is -2.07. The van der Waals surface area contributed by atoms with Crippen molar-refractivity contribution in [3.63, 3.8) is 0 Å². The number of benzene rings is 1. The highest BCUT2D eigenvalue weighted by Gasteiger charge is 2.10. The lowest BCUT2D eigenvalue weighted by molar-refractivity contribution is -0.116. The fraction of sp³-hybridized carbons (Fsp3) is 0.0833. The SMILES string of the molecule is O=C(Cn1cnc(Cl)c(I)c1=O)Nc1ccc(Cl)cc1. The summed E-state index contributed by atoms with van der Waals surface area (Å²) in [7, 11) is 0. The van der Waals surface area contributed by atoms with Gasteiger partial charge in [0.25, 0.3) is 5.56 Å². The predicted molar refractivity (Wildman–Crippen MR) is 86.3 cm³/mol. The van der Waals surface area contributed by atoms with E-state index in [4.69, 9.17) is 23.2 Å². The molecule has 0 spiro atoms. The Morgan fingerprint density at radius 1 is 1.30 bits per heavy atom. The van der Waals surface area contributed by atoms with Crippen molar-refractivity contribution >= 4 is 57.4 Å². The van der Waals surface area contributed by atoms with Crippen LogP contribution in [0.4, 0.5) is 5.69 Å². The van der Waals surface area contributed by atoms with Crippen molar-refractivity contribution in [1.29, 1.82) is 0 Å². The number of carbonyl (C=O) groups excluding carboxylic acids is 1. The van der Waals surface area contributed by atoms with Crippen molar-refractivity contribution in [2.45, 2.75) is 6.54 Å². The second-order valence-corrected chi connectivity index (χ2v) is 5.71. The molecule has 8 heteroatoms. The molecule has 1 N–H and O–H groups in total. The second-order valence-electron chi connectivity index (χ2n) is 3.84. The minimum atomic E-state index is -0.350. The Bertz CT molecular complexity index is 701. The zero-order valence-corrected chi connectivity index (χ0v) is 13.6. The molecule has 1 heterocycles. The average molecular weight is 424 g/mol. The standard InChI is InChI=1S/C12H8Cl2IN3O2/c13-7-1-3-8(4-2-7)17-9(19)5-18-6-16-11(14)10(15)12(18)20/h1-4,6H,5H2,(H,17,19). The molecule has 0 fully saturated rings. The molecule has 0 bridgehead atoms. The lowest BCUT2D eigenvalue weighted by Crippen LogP contribution is -2.29. The van der Waals surface area contributed by atoms with E-state index in [-0.39, 0.29) is 26.7 Å². The summed E-state index contributed by atoms with van der Waals surface area (Å²) in [4.78, 5) is 27.5. The van der Waals surface area contributed by atoms with Crippen LogP contribution in [0.25, 0.3) is 0 Å². The van der Waals surface area contributed by atoms with Gasteiger partial charge in [0.1, 0.15) is 15.3 Å². The first-order valence-electron chi connectivity index (χ1n) is 5.43. The Morgan fingerprint density at radius 3 is 2.60 bits per heavy atom. The molecule has 0 aliphatic heterocycles. The van der Waals surface area contributed by atoms with Gasteiger partial charge in [0.15, 0.2) is 0 Å². The lowest BCUT2D eigenvalue weighted by atomic mass is 10.3. The van der Waals surface area contributed by atoms with Crippen molar-refractivity contribution in [1.82, 2.24) is 9.55 Å². The highest BCUT2D eigenvalue weighted by atomic mass is 127. The normalized spacial score (nSPS) is 10.3. The highest BCUT2D eigenvalue weighted by Crippen LogP contribution is 2.13. The Balaban J connectivity index is 2.11. The van der Waals surface area contributed by atoms with E-state index in [0.717, 1.165) is 0 Å². The summed E-state index contributed by atoms with van der Waals surface area (Å²) in [5.41, 5.74) is 0.251. The van der Waals surface area contributed by atoms with Gasteiger partial charge in [-0.2, -0.15) is 0 Å². The quantitative estimate of drug-likeness (QED) is 0.609. The van der Waals surface area contributed by atoms with E-state index in [1.54, 1.807) is 46.9 Å². The number of aromatic nitrogens is 2. The van der Waals surface area contributed by atoms with Crippen LogP contribution in [-0.2, 0) is 11.3 Å². The van der Waals surface area contributed by atoms with E-state index in [2.05, 4.69) is 10.3 Å². The zero-order chi connectivity index (χ0) is 14.7. The van der Waals surface area contributed by atoms with Gasteiger partial charge >= 0.3 is 0 Å². The molecule has 2 aromatic rings. The molecular weight excluding hydrogens is 416 g/mol. The number of nitrogens with one attached hydrogen (secondary N) is 1. The van der Waals surface area contributed by atoms with Gasteiger partial charge < -0.3 is 5.32 Å². The van der Waals surface area contributed by atoms with Crippen LogP contribution in [0.1, 0.15) is 0 Å². The van der Waals surface area contributed by atoms with Crippen LogP contribution in [0.2, 0.25) is 10.2 Å². The third kappa shape index (κ3) is 3.71. The highest BCUT2D eigenvalue weighted by molar-refractivity contribution is 14.1. The molecule has 0 saturated heterocycles. The largest absolute Gasteiger partial charge is 0.325 e. The van der Waals surface area contributed by atoms with Gasteiger partial charge in [0, 0.05) is 10.7 Å². The van der Waals surface area contributed by atoms with Crippen molar-refractivity contribution in [3.8, 4) is 0 Å². The molecule has 5 nitrogen and oxygen atoms in total. The molecular formula is C12H8Cl2IN3O2. The molecule has 20 heavy (non-hydrogen) atoms. The minimum Gasteiger partial charge on any atom is -0.325 e. The topological polar surface area (TPSA) is 64.0 Å². The van der Waals surface area contributed by atoms with Crippen molar-refractivity contribution in [2.24, 2.45) is 0 Å². The summed E-state index contributed by atoms with van der Waals surface area (Å²) in [5, 5.41) is 3.37. The van der Waals surface area contributed by atoms with E-state index in [1.807, 2.05) is 0 Å². The maximum atomic E-state index is 11.9. The third-order valence-corrected chi connectivity index (χ3v) is 4.21. The van der Waals surface area contributed by atoms with Crippen LogP contribution in [0.15, 0.2) is 35.4 Å². The van der Waals surface area contributed by atoms with E-state index >= 15 is 0 Å². The molecule has 1 aromatic carbocycles. The van der Waals surface area contributed by atoms with Gasteiger partial charge in [-0.1, -0.05) is 23.2 Å². The maximum Gasteiger partial charge on any atom is 0.268 e. The molecule has 104 valence electrons. The molecule has 2 rings (SSSR count). The van der Waals surface area contributed by atoms with Crippen LogP contribution in [0, 0.1) is 3.57 Å². The summed E-state index contributed by atoms with van der Waals surface area (Å²) in [6, 6.07) is 6.67. The van der Waals surface area contributed by atoms with Crippen LogP contribution in [-0.4, -0.2) is 15.5 Å². The van der Waals surface area contributed by atoms with Crippen LogP contribution < -0.4 is 10.9 Å². The first-order valence-corrected chi connectivity index (χ1v) is 7.26. The Morgan fingerprint density at radius 2 is 1.95 bits per heavy atom. The number of hydrogen-bond acceptors (Lipinski definition) is 3. The van der Waals surface area contributed by atoms with Crippen molar-refractivity contribution < 1.29 is 4.79 Å². The predicted octanol–water partition coefficient (Wildman–Crippen LogP) is 2.79. The van der Waals surface area contributed by atoms with Crippen LogP contribution in [0.5, 0.6) is 0 Å².